The molecule has 0 saturated heterocycles. The zero-order valence-electron chi connectivity index (χ0n) is 12.3. The summed E-state index contributed by atoms with van der Waals surface area (Å²) in [5.41, 5.74) is 6.96. The molecule has 2 aromatic rings. The highest BCUT2D eigenvalue weighted by Gasteiger charge is 2.11. The first-order valence-corrected chi connectivity index (χ1v) is 6.99. The maximum Gasteiger partial charge on any atom is 0.273 e. The van der Waals surface area contributed by atoms with Gasteiger partial charge in [-0.05, 0) is 31.0 Å². The van der Waals surface area contributed by atoms with Crippen LogP contribution in [-0.2, 0) is 11.2 Å². The second kappa shape index (κ2) is 7.26. The monoisotopic (exact) mass is 298 g/mol. The number of benzene rings is 2. The summed E-state index contributed by atoms with van der Waals surface area (Å²) < 4.78 is 0. The van der Waals surface area contributed by atoms with Crippen molar-refractivity contribution in [2.45, 2.75) is 19.8 Å². The zero-order valence-corrected chi connectivity index (χ0v) is 12.3. The van der Waals surface area contributed by atoms with Gasteiger partial charge in [-0.2, -0.15) is 0 Å². The topological polar surface area (TPSA) is 78.4 Å². The fourth-order valence-electron chi connectivity index (χ4n) is 2.05. The molecule has 114 valence electrons. The molecule has 0 bridgehead atoms. The summed E-state index contributed by atoms with van der Waals surface area (Å²) in [6.45, 7) is 2.00. The van der Waals surface area contributed by atoms with Crippen LogP contribution in [-0.4, -0.2) is 16.9 Å². The van der Waals surface area contributed by atoms with Crippen LogP contribution >= 0.6 is 0 Å². The number of hydrazine groups is 1. The average molecular weight is 298 g/mol. The molecule has 0 unspecified atom stereocenters. The normalized spacial score (nSPS) is 10.0. The molecule has 0 fully saturated rings. The van der Waals surface area contributed by atoms with E-state index < -0.39 is 5.91 Å². The van der Waals surface area contributed by atoms with E-state index in [2.05, 4.69) is 10.9 Å². The number of phenols is 1. The lowest BCUT2D eigenvalue weighted by atomic mass is 10.1. The smallest absolute Gasteiger partial charge is 0.273 e. The SMILES string of the molecule is Cc1cccc(CCC(=O)NNC(=O)c2ccccc2O)c1. The molecule has 2 amide bonds. The Morgan fingerprint density at radius 2 is 1.82 bits per heavy atom. The van der Waals surface area contributed by atoms with Gasteiger partial charge >= 0.3 is 0 Å². The molecular weight excluding hydrogens is 280 g/mol. The van der Waals surface area contributed by atoms with Crippen LogP contribution in [0.1, 0.15) is 27.9 Å². The minimum atomic E-state index is -0.554. The third-order valence-electron chi connectivity index (χ3n) is 3.19. The number of phenolic OH excluding ortho intramolecular Hbond substituents is 1. The minimum absolute atomic E-state index is 0.112. The van der Waals surface area contributed by atoms with E-state index in [1.54, 1.807) is 12.1 Å². The number of aryl methyl sites for hydroxylation is 2. The van der Waals surface area contributed by atoms with Gasteiger partial charge < -0.3 is 5.11 Å². The highest BCUT2D eigenvalue weighted by Crippen LogP contribution is 2.14. The molecule has 0 saturated carbocycles. The number of para-hydroxylation sites is 1. The van der Waals surface area contributed by atoms with Crippen molar-refractivity contribution in [3.8, 4) is 5.75 Å². The lowest BCUT2D eigenvalue weighted by Crippen LogP contribution is -2.41. The third-order valence-corrected chi connectivity index (χ3v) is 3.19. The fraction of sp³-hybridized carbons (Fsp3) is 0.176. The fourth-order valence-corrected chi connectivity index (χ4v) is 2.05. The molecule has 2 rings (SSSR count). The van der Waals surface area contributed by atoms with Gasteiger partial charge in [0.1, 0.15) is 5.75 Å². The summed E-state index contributed by atoms with van der Waals surface area (Å²) in [5, 5.41) is 9.55. The maximum absolute atomic E-state index is 11.8. The second-order valence-electron chi connectivity index (χ2n) is 5.01. The Bertz CT molecular complexity index is 683. The van der Waals surface area contributed by atoms with Crippen molar-refractivity contribution < 1.29 is 14.7 Å². The van der Waals surface area contributed by atoms with Crippen LogP contribution in [0.2, 0.25) is 0 Å². The predicted molar refractivity (Wildman–Crippen MR) is 83.2 cm³/mol. The first-order valence-electron chi connectivity index (χ1n) is 6.99. The standard InChI is InChI=1S/C17H18N2O3/c1-12-5-4-6-13(11-12)9-10-16(21)18-19-17(22)14-7-2-3-8-15(14)20/h2-8,11,20H,9-10H2,1H3,(H,18,21)(H,19,22). The van der Waals surface area contributed by atoms with Gasteiger partial charge in [0, 0.05) is 6.42 Å². The van der Waals surface area contributed by atoms with E-state index in [4.69, 9.17) is 0 Å². The van der Waals surface area contributed by atoms with Crippen LogP contribution in [0.25, 0.3) is 0 Å². The molecule has 2 aromatic carbocycles. The summed E-state index contributed by atoms with van der Waals surface area (Å²) in [5.74, 6) is -0.971. The van der Waals surface area contributed by atoms with E-state index in [9.17, 15) is 14.7 Å². The lowest BCUT2D eigenvalue weighted by molar-refractivity contribution is -0.121. The van der Waals surface area contributed by atoms with Crippen molar-refractivity contribution in [2.75, 3.05) is 0 Å². The first-order chi connectivity index (χ1) is 10.6. The number of aromatic hydroxyl groups is 1. The van der Waals surface area contributed by atoms with Crippen molar-refractivity contribution in [3.05, 3.63) is 65.2 Å². The Labute approximate surface area is 129 Å². The molecule has 5 heteroatoms. The second-order valence-corrected chi connectivity index (χ2v) is 5.01. The molecule has 0 aliphatic rings. The quantitative estimate of drug-likeness (QED) is 0.756. The summed E-state index contributed by atoms with van der Waals surface area (Å²) in [4.78, 5) is 23.5. The summed E-state index contributed by atoms with van der Waals surface area (Å²) in [7, 11) is 0. The summed E-state index contributed by atoms with van der Waals surface area (Å²) in [6, 6.07) is 14.1. The van der Waals surface area contributed by atoms with Crippen LogP contribution in [0, 0.1) is 6.92 Å². The Morgan fingerprint density at radius 3 is 2.55 bits per heavy atom. The molecule has 0 heterocycles. The Morgan fingerprint density at radius 1 is 1.05 bits per heavy atom. The number of amides is 2. The predicted octanol–water partition coefficient (Wildman–Crippen LogP) is 2.09. The largest absolute Gasteiger partial charge is 0.507 e. The van der Waals surface area contributed by atoms with Gasteiger partial charge in [0.15, 0.2) is 0 Å². The van der Waals surface area contributed by atoms with Crippen LogP contribution in [0.15, 0.2) is 48.5 Å². The van der Waals surface area contributed by atoms with E-state index in [-0.39, 0.29) is 23.6 Å². The number of hydrogen-bond acceptors (Lipinski definition) is 3. The molecule has 0 aliphatic heterocycles. The summed E-state index contributed by atoms with van der Waals surface area (Å²) in [6.07, 6.45) is 0.866. The number of rotatable bonds is 4. The first kappa shape index (κ1) is 15.6. The molecule has 0 radical (unpaired) electrons. The van der Waals surface area contributed by atoms with Gasteiger partial charge in [-0.25, -0.2) is 0 Å². The van der Waals surface area contributed by atoms with E-state index in [1.807, 2.05) is 31.2 Å². The highest BCUT2D eigenvalue weighted by molar-refractivity contribution is 5.97. The van der Waals surface area contributed by atoms with Gasteiger partial charge in [0.2, 0.25) is 5.91 Å². The number of carbonyl (C=O) groups excluding carboxylic acids is 2. The minimum Gasteiger partial charge on any atom is -0.507 e. The molecular formula is C17H18N2O3. The van der Waals surface area contributed by atoms with Crippen LogP contribution in [0.5, 0.6) is 5.75 Å². The number of carbonyl (C=O) groups is 2. The molecule has 0 atom stereocenters. The van der Waals surface area contributed by atoms with Crippen molar-refractivity contribution >= 4 is 11.8 Å². The van der Waals surface area contributed by atoms with Crippen LogP contribution < -0.4 is 10.9 Å². The molecule has 0 aromatic heterocycles. The van der Waals surface area contributed by atoms with E-state index in [0.29, 0.717) is 6.42 Å². The zero-order chi connectivity index (χ0) is 15.9. The van der Waals surface area contributed by atoms with Gasteiger partial charge in [0.25, 0.3) is 5.91 Å². The van der Waals surface area contributed by atoms with E-state index >= 15 is 0 Å². The van der Waals surface area contributed by atoms with Crippen molar-refractivity contribution in [1.29, 1.82) is 0 Å². The number of nitrogens with one attached hydrogen (secondary N) is 2. The van der Waals surface area contributed by atoms with Crippen molar-refractivity contribution in [3.63, 3.8) is 0 Å². The lowest BCUT2D eigenvalue weighted by Gasteiger charge is -2.08. The van der Waals surface area contributed by atoms with E-state index in [1.165, 1.54) is 12.1 Å². The van der Waals surface area contributed by atoms with Crippen molar-refractivity contribution in [1.82, 2.24) is 10.9 Å². The van der Waals surface area contributed by atoms with Crippen molar-refractivity contribution in [2.24, 2.45) is 0 Å². The van der Waals surface area contributed by atoms with Gasteiger partial charge in [-0.3, -0.25) is 20.4 Å². The van der Waals surface area contributed by atoms with Gasteiger partial charge in [-0.1, -0.05) is 42.0 Å². The average Bonchev–Trinajstić information content (AvgIpc) is 2.51. The molecule has 5 nitrogen and oxygen atoms in total. The molecule has 22 heavy (non-hydrogen) atoms. The van der Waals surface area contributed by atoms with Gasteiger partial charge in [0.05, 0.1) is 5.56 Å². The van der Waals surface area contributed by atoms with Crippen LogP contribution in [0.4, 0.5) is 0 Å². The van der Waals surface area contributed by atoms with Crippen LogP contribution in [0.3, 0.4) is 0 Å². The summed E-state index contributed by atoms with van der Waals surface area (Å²) >= 11 is 0. The third kappa shape index (κ3) is 4.34. The molecule has 0 aliphatic carbocycles. The van der Waals surface area contributed by atoms with E-state index in [0.717, 1.165) is 11.1 Å². The molecule has 3 N–H and O–H groups in total. The Balaban J connectivity index is 1.81. The Hall–Kier alpha value is -2.82. The van der Waals surface area contributed by atoms with Gasteiger partial charge in [-0.15, -0.1) is 0 Å². The number of hydrogen-bond donors (Lipinski definition) is 3. The molecule has 0 spiro atoms. The Kier molecular flexibility index (Phi) is 5.14. The highest BCUT2D eigenvalue weighted by atomic mass is 16.3. The maximum atomic E-state index is 11.8.